The Bertz CT molecular complexity index is 602. The van der Waals surface area contributed by atoms with Crippen LogP contribution in [0.1, 0.15) is 10.5 Å². The molecule has 1 aliphatic rings. The van der Waals surface area contributed by atoms with Crippen molar-refractivity contribution in [3.8, 4) is 0 Å². The molecule has 2 heterocycles. The van der Waals surface area contributed by atoms with Crippen LogP contribution >= 0.6 is 11.6 Å². The maximum Gasteiger partial charge on any atom is 0.314 e. The van der Waals surface area contributed by atoms with Crippen molar-refractivity contribution in [3.05, 3.63) is 10.8 Å². The van der Waals surface area contributed by atoms with Gasteiger partial charge in [0.15, 0.2) is 22.5 Å². The van der Waals surface area contributed by atoms with Gasteiger partial charge in [0.1, 0.15) is 6.67 Å². The van der Waals surface area contributed by atoms with Gasteiger partial charge in [0.2, 0.25) is 5.96 Å². The number of hydrogen-bond acceptors (Lipinski definition) is 8. The van der Waals surface area contributed by atoms with Crippen LogP contribution in [-0.4, -0.2) is 45.1 Å². The van der Waals surface area contributed by atoms with Crippen LogP contribution in [0, 0.1) is 0 Å². The van der Waals surface area contributed by atoms with E-state index in [1.807, 2.05) is 0 Å². The Hall–Kier alpha value is -2.66. The standard InChI is InChI=1S/C8H9ClN8O2.H2O/c9-3-5(11)15-4(10)2(14-3)6(18)16-7-12-1-13-8(19)17-7;/h1H2,(H4,10,11,15)(H3,12,13,16,17,18,19);1H2. The van der Waals surface area contributed by atoms with E-state index in [9.17, 15) is 4.79 Å². The fourth-order valence-electron chi connectivity index (χ4n) is 1.21. The lowest BCUT2D eigenvalue weighted by Crippen LogP contribution is -2.44. The number of nitrogens with two attached hydrogens (primary N) is 2. The van der Waals surface area contributed by atoms with Crippen LogP contribution in [0.5, 0.6) is 0 Å². The fraction of sp³-hybridized carbons (Fsp3) is 0.125. The van der Waals surface area contributed by atoms with Gasteiger partial charge in [0.25, 0.3) is 5.91 Å². The van der Waals surface area contributed by atoms with E-state index in [2.05, 4.69) is 30.6 Å². The zero-order valence-electron chi connectivity index (χ0n) is 9.88. The summed E-state index contributed by atoms with van der Waals surface area (Å²) in [5.41, 5.74) is 10.7. The number of nitrogen functional groups attached to an aromatic ring is 2. The molecule has 0 aliphatic carbocycles. The van der Waals surface area contributed by atoms with E-state index in [0.717, 1.165) is 0 Å². The molecule has 1 aromatic heterocycles. The molecule has 0 fully saturated rings. The van der Waals surface area contributed by atoms with Gasteiger partial charge in [-0.05, 0) is 0 Å². The highest BCUT2D eigenvalue weighted by molar-refractivity contribution is 6.31. The van der Waals surface area contributed by atoms with Gasteiger partial charge >= 0.3 is 6.02 Å². The minimum atomic E-state index is -0.701. The summed E-state index contributed by atoms with van der Waals surface area (Å²) in [5, 5.41) is 13.9. The number of aliphatic hydroxyl groups is 1. The molecule has 2 rings (SSSR count). The van der Waals surface area contributed by atoms with Gasteiger partial charge in [-0.3, -0.25) is 10.1 Å². The molecule has 0 saturated heterocycles. The Balaban J connectivity index is 0.00000200. The summed E-state index contributed by atoms with van der Waals surface area (Å²) in [4.78, 5) is 26.3. The highest BCUT2D eigenvalue weighted by atomic mass is 35.5. The zero-order chi connectivity index (χ0) is 14.0. The van der Waals surface area contributed by atoms with Crippen LogP contribution in [0.3, 0.4) is 0 Å². The number of aliphatic imine (C=N–C) groups is 2. The Morgan fingerprint density at radius 2 is 2.05 bits per heavy atom. The maximum absolute atomic E-state index is 11.9. The Labute approximate surface area is 117 Å². The first-order chi connectivity index (χ1) is 8.97. The summed E-state index contributed by atoms with van der Waals surface area (Å²) in [6.45, 7) is 0.0780. The van der Waals surface area contributed by atoms with Crippen molar-refractivity contribution in [3.63, 3.8) is 0 Å². The molecule has 9 N–H and O–H groups in total. The van der Waals surface area contributed by atoms with Gasteiger partial charge in [-0.25, -0.2) is 15.0 Å². The zero-order valence-corrected chi connectivity index (χ0v) is 10.6. The van der Waals surface area contributed by atoms with E-state index in [0.29, 0.717) is 0 Å². The van der Waals surface area contributed by atoms with Gasteiger partial charge in [-0.2, -0.15) is 4.99 Å². The monoisotopic (exact) mass is 302 g/mol. The number of nitrogens with zero attached hydrogens (tertiary/aromatic N) is 4. The van der Waals surface area contributed by atoms with Gasteiger partial charge in [0.05, 0.1) is 0 Å². The van der Waals surface area contributed by atoms with Crippen molar-refractivity contribution in [2.24, 2.45) is 9.98 Å². The van der Waals surface area contributed by atoms with Crippen LogP contribution in [0.15, 0.2) is 9.98 Å². The predicted molar refractivity (Wildman–Crippen MR) is 72.4 cm³/mol. The normalized spacial score (nSPS) is 13.4. The number of amidine groups is 1. The molecule has 0 radical (unpaired) electrons. The SMILES string of the molecule is Nc1nc(N)c(C(=O)NC2=NC(O)=NCN2)nc1Cl.O. The van der Waals surface area contributed by atoms with Gasteiger partial charge in [-0.15, -0.1) is 0 Å². The van der Waals surface area contributed by atoms with Crippen LogP contribution in [0.2, 0.25) is 5.15 Å². The third-order valence-corrected chi connectivity index (χ3v) is 2.31. The highest BCUT2D eigenvalue weighted by Crippen LogP contribution is 2.17. The lowest BCUT2D eigenvalue weighted by Gasteiger charge is -2.12. The lowest BCUT2D eigenvalue weighted by atomic mass is 10.4. The van der Waals surface area contributed by atoms with Crippen LogP contribution in [-0.2, 0) is 0 Å². The molecule has 0 spiro atoms. The first kappa shape index (κ1) is 15.4. The average Bonchev–Trinajstić information content (AvgIpc) is 2.33. The molecule has 0 aromatic carbocycles. The first-order valence-corrected chi connectivity index (χ1v) is 5.31. The molecular formula is C8H11ClN8O3. The highest BCUT2D eigenvalue weighted by Gasteiger charge is 2.18. The van der Waals surface area contributed by atoms with Crippen molar-refractivity contribution in [1.29, 1.82) is 0 Å². The Kier molecular flexibility index (Phi) is 4.61. The molecule has 20 heavy (non-hydrogen) atoms. The Morgan fingerprint density at radius 1 is 1.35 bits per heavy atom. The number of anilines is 2. The summed E-state index contributed by atoms with van der Waals surface area (Å²) in [5.74, 6) is -0.943. The van der Waals surface area contributed by atoms with E-state index < -0.39 is 11.9 Å². The molecule has 108 valence electrons. The van der Waals surface area contributed by atoms with E-state index in [-0.39, 0.29) is 40.6 Å². The summed E-state index contributed by atoms with van der Waals surface area (Å²) in [6.07, 6.45) is 0. The molecule has 1 amide bonds. The molecule has 0 bridgehead atoms. The molecule has 0 unspecified atom stereocenters. The Morgan fingerprint density at radius 3 is 2.70 bits per heavy atom. The number of aliphatic hydroxyl groups excluding tert-OH is 1. The molecule has 0 saturated carbocycles. The molecule has 1 aliphatic heterocycles. The number of rotatable bonds is 1. The number of nitrogens with one attached hydrogen (secondary N) is 2. The van der Waals surface area contributed by atoms with E-state index in [4.69, 9.17) is 28.2 Å². The fourth-order valence-corrected chi connectivity index (χ4v) is 1.33. The predicted octanol–water partition coefficient (Wildman–Crippen LogP) is -1.97. The second kappa shape index (κ2) is 5.99. The number of guanidine groups is 1. The number of amides is 1. The quantitative estimate of drug-likeness (QED) is 0.396. The van der Waals surface area contributed by atoms with Gasteiger partial charge < -0.3 is 27.4 Å². The second-order valence-corrected chi connectivity index (χ2v) is 3.70. The van der Waals surface area contributed by atoms with E-state index >= 15 is 0 Å². The summed E-state index contributed by atoms with van der Waals surface area (Å²) in [7, 11) is 0. The number of aromatic nitrogens is 2. The first-order valence-electron chi connectivity index (χ1n) is 4.93. The smallest absolute Gasteiger partial charge is 0.314 e. The van der Waals surface area contributed by atoms with E-state index in [1.54, 1.807) is 0 Å². The summed E-state index contributed by atoms with van der Waals surface area (Å²) in [6, 6.07) is -0.455. The number of halogens is 1. The molecular weight excluding hydrogens is 292 g/mol. The summed E-state index contributed by atoms with van der Waals surface area (Å²) >= 11 is 5.66. The average molecular weight is 303 g/mol. The van der Waals surface area contributed by atoms with E-state index in [1.165, 1.54) is 0 Å². The van der Waals surface area contributed by atoms with Crippen molar-refractivity contribution in [2.75, 3.05) is 18.1 Å². The largest absolute Gasteiger partial charge is 0.479 e. The third-order valence-electron chi connectivity index (χ3n) is 2.03. The van der Waals surface area contributed by atoms with Gasteiger partial charge in [-0.1, -0.05) is 11.6 Å². The number of hydrogen-bond donors (Lipinski definition) is 5. The third kappa shape index (κ3) is 3.21. The molecule has 11 nitrogen and oxygen atoms in total. The topological polar surface area (TPSA) is 195 Å². The number of carbonyl (C=O) groups excluding carboxylic acids is 1. The van der Waals surface area contributed by atoms with Crippen LogP contribution in [0.25, 0.3) is 0 Å². The van der Waals surface area contributed by atoms with Crippen molar-refractivity contribution in [2.45, 2.75) is 0 Å². The minimum absolute atomic E-state index is 0. The van der Waals surface area contributed by atoms with Crippen molar-refractivity contribution < 1.29 is 15.4 Å². The molecule has 12 heteroatoms. The second-order valence-electron chi connectivity index (χ2n) is 3.34. The molecule has 1 aromatic rings. The lowest BCUT2D eigenvalue weighted by molar-refractivity contribution is 0.0971. The van der Waals surface area contributed by atoms with Crippen LogP contribution in [0.4, 0.5) is 11.6 Å². The maximum atomic E-state index is 11.9. The number of carbonyl (C=O) groups is 1. The summed E-state index contributed by atoms with van der Waals surface area (Å²) < 4.78 is 0. The van der Waals surface area contributed by atoms with Gasteiger partial charge in [0, 0.05) is 0 Å². The van der Waals surface area contributed by atoms with Crippen molar-refractivity contribution in [1.82, 2.24) is 20.6 Å². The minimum Gasteiger partial charge on any atom is -0.479 e. The van der Waals surface area contributed by atoms with Crippen LogP contribution < -0.4 is 22.1 Å². The van der Waals surface area contributed by atoms with Crippen molar-refractivity contribution >= 4 is 41.1 Å². The molecule has 0 atom stereocenters.